The molecular weight excluding hydrogens is 482 g/mol. The maximum Gasteiger partial charge on any atom is 0.326 e. The Morgan fingerprint density at radius 3 is 1.72 bits per heavy atom. The van der Waals surface area contributed by atoms with E-state index >= 15 is 0 Å². The van der Waals surface area contributed by atoms with Crippen molar-refractivity contribution in [1.29, 1.82) is 0 Å². The molecule has 16 nitrogen and oxygen atoms in total. The average Bonchev–Trinajstić information content (AvgIpc) is 2.77. The number of aliphatic imine (C=N–C) groups is 1. The highest BCUT2D eigenvalue weighted by molar-refractivity contribution is 5.96. The Morgan fingerprint density at radius 1 is 0.833 bits per heavy atom. The second-order valence-electron chi connectivity index (χ2n) is 8.08. The molecule has 12 N–H and O–H groups in total. The predicted molar refractivity (Wildman–Crippen MR) is 125 cm³/mol. The van der Waals surface area contributed by atoms with E-state index in [9.17, 15) is 33.9 Å². The highest BCUT2D eigenvalue weighted by atomic mass is 16.4. The van der Waals surface area contributed by atoms with Crippen molar-refractivity contribution in [3.63, 3.8) is 0 Å². The summed E-state index contributed by atoms with van der Waals surface area (Å²) < 4.78 is 0. The molecule has 204 valence electrons. The van der Waals surface area contributed by atoms with E-state index in [2.05, 4.69) is 20.9 Å². The Morgan fingerprint density at radius 2 is 1.31 bits per heavy atom. The fourth-order valence-electron chi connectivity index (χ4n) is 2.91. The van der Waals surface area contributed by atoms with Gasteiger partial charge in [0.05, 0.1) is 18.9 Å². The molecule has 0 saturated heterocycles. The molecule has 0 saturated carbocycles. The first kappa shape index (κ1) is 32.0. The lowest BCUT2D eigenvalue weighted by Gasteiger charge is -2.25. The van der Waals surface area contributed by atoms with Crippen LogP contribution in [-0.4, -0.2) is 87.6 Å². The topological polar surface area (TPSA) is 290 Å². The summed E-state index contributed by atoms with van der Waals surface area (Å²) >= 11 is 0. The van der Waals surface area contributed by atoms with Gasteiger partial charge in [0, 0.05) is 6.54 Å². The van der Waals surface area contributed by atoms with Crippen molar-refractivity contribution in [3.05, 3.63) is 0 Å². The summed E-state index contributed by atoms with van der Waals surface area (Å²) in [5, 5.41) is 34.0. The second kappa shape index (κ2) is 15.9. The van der Waals surface area contributed by atoms with Crippen LogP contribution >= 0.6 is 0 Å². The molecule has 5 atom stereocenters. The van der Waals surface area contributed by atoms with E-state index in [4.69, 9.17) is 27.4 Å². The van der Waals surface area contributed by atoms with Crippen LogP contribution in [0.2, 0.25) is 0 Å². The van der Waals surface area contributed by atoms with E-state index in [0.717, 1.165) is 0 Å². The molecule has 0 aromatic rings. The first-order valence-corrected chi connectivity index (χ1v) is 11.1. The molecule has 5 unspecified atom stereocenters. The molecule has 0 radical (unpaired) electrons. The van der Waals surface area contributed by atoms with Crippen molar-refractivity contribution in [3.8, 4) is 0 Å². The van der Waals surface area contributed by atoms with Crippen molar-refractivity contribution in [2.75, 3.05) is 6.54 Å². The summed E-state index contributed by atoms with van der Waals surface area (Å²) in [6.07, 6.45) is -1.04. The number of carboxylic acid groups (broad SMARTS) is 3. The van der Waals surface area contributed by atoms with E-state index in [1.165, 1.54) is 0 Å². The Hall–Kier alpha value is -3.95. The highest BCUT2D eigenvalue weighted by Gasteiger charge is 2.33. The van der Waals surface area contributed by atoms with Gasteiger partial charge in [-0.15, -0.1) is 0 Å². The van der Waals surface area contributed by atoms with Gasteiger partial charge in [0.25, 0.3) is 0 Å². The third kappa shape index (κ3) is 12.5. The number of amides is 3. The van der Waals surface area contributed by atoms with Gasteiger partial charge in [0.1, 0.15) is 18.1 Å². The number of carbonyl (C=O) groups excluding carboxylic acids is 3. The summed E-state index contributed by atoms with van der Waals surface area (Å²) in [7, 11) is 0. The number of carbonyl (C=O) groups is 6. The summed E-state index contributed by atoms with van der Waals surface area (Å²) in [5.74, 6) is -8.13. The smallest absolute Gasteiger partial charge is 0.326 e. The van der Waals surface area contributed by atoms with Gasteiger partial charge in [-0.2, -0.15) is 0 Å². The number of aliphatic carboxylic acids is 3. The number of rotatable bonds is 17. The molecule has 0 rings (SSSR count). The van der Waals surface area contributed by atoms with Gasteiger partial charge in [-0.25, -0.2) is 4.79 Å². The SMILES string of the molecule is CCC(C)C(NC(=O)C(CC(=O)O)NC(=O)C(CC(=O)O)NC(=O)C(N)CCCN=C(N)N)C(=O)O. The highest BCUT2D eigenvalue weighted by Crippen LogP contribution is 2.09. The van der Waals surface area contributed by atoms with Gasteiger partial charge in [-0.3, -0.25) is 29.0 Å². The van der Waals surface area contributed by atoms with Crippen molar-refractivity contribution in [1.82, 2.24) is 16.0 Å². The molecule has 0 aromatic carbocycles. The molecule has 16 heteroatoms. The van der Waals surface area contributed by atoms with Crippen LogP contribution in [-0.2, 0) is 28.8 Å². The molecule has 0 bridgehead atoms. The third-order valence-electron chi connectivity index (χ3n) is 5.10. The van der Waals surface area contributed by atoms with Crippen LogP contribution in [0.25, 0.3) is 0 Å². The summed E-state index contributed by atoms with van der Waals surface area (Å²) in [4.78, 5) is 75.4. The van der Waals surface area contributed by atoms with Crippen LogP contribution in [0.3, 0.4) is 0 Å². The van der Waals surface area contributed by atoms with Crippen LogP contribution < -0.4 is 33.2 Å². The fourth-order valence-corrected chi connectivity index (χ4v) is 2.91. The van der Waals surface area contributed by atoms with Crippen LogP contribution in [0.4, 0.5) is 0 Å². The number of nitrogens with zero attached hydrogens (tertiary/aromatic N) is 1. The maximum absolute atomic E-state index is 12.7. The molecule has 3 amide bonds. The monoisotopic (exact) mass is 517 g/mol. The van der Waals surface area contributed by atoms with E-state index in [1.54, 1.807) is 13.8 Å². The number of nitrogens with two attached hydrogens (primary N) is 3. The molecule has 0 fully saturated rings. The minimum Gasteiger partial charge on any atom is -0.481 e. The quantitative estimate of drug-likeness (QED) is 0.0526. The summed E-state index contributed by atoms with van der Waals surface area (Å²) in [5.41, 5.74) is 16.1. The molecule has 0 aliphatic rings. The van der Waals surface area contributed by atoms with Gasteiger partial charge in [0.15, 0.2) is 5.96 Å². The van der Waals surface area contributed by atoms with Crippen LogP contribution in [0, 0.1) is 5.92 Å². The summed E-state index contributed by atoms with van der Waals surface area (Å²) in [6.45, 7) is 3.43. The van der Waals surface area contributed by atoms with Gasteiger partial charge in [-0.1, -0.05) is 20.3 Å². The lowest BCUT2D eigenvalue weighted by molar-refractivity contribution is -0.145. The molecule has 0 spiro atoms. The van der Waals surface area contributed by atoms with E-state index in [1.807, 2.05) is 0 Å². The van der Waals surface area contributed by atoms with Crippen molar-refractivity contribution in [2.24, 2.45) is 28.1 Å². The number of carboxylic acids is 3. The number of guanidine groups is 1. The first-order chi connectivity index (χ1) is 16.7. The predicted octanol–water partition coefficient (Wildman–Crippen LogP) is -3.10. The molecular formula is C20H35N7O9. The Kier molecular flexibility index (Phi) is 14.1. The maximum atomic E-state index is 12.7. The minimum absolute atomic E-state index is 0.0975. The zero-order chi connectivity index (χ0) is 28.0. The standard InChI is InChI=1S/C20H35N7O9/c1-3-9(2)15(19(35)36)27-18(34)12(8-14(30)31)26-17(33)11(7-13(28)29)25-16(32)10(21)5-4-6-24-20(22)23/h9-12,15H,3-8,21H2,1-2H3,(H,25,32)(H,26,33)(H,27,34)(H,28,29)(H,30,31)(H,35,36)(H4,22,23,24). The molecule has 0 aliphatic carbocycles. The molecule has 36 heavy (non-hydrogen) atoms. The number of hydrogen-bond acceptors (Lipinski definition) is 8. The minimum atomic E-state index is -1.75. The Balaban J connectivity index is 5.48. The van der Waals surface area contributed by atoms with Crippen LogP contribution in [0.15, 0.2) is 4.99 Å². The Bertz CT molecular complexity index is 845. The van der Waals surface area contributed by atoms with Crippen LogP contribution in [0.5, 0.6) is 0 Å². The van der Waals surface area contributed by atoms with Crippen molar-refractivity contribution < 1.29 is 44.1 Å². The lowest BCUT2D eigenvalue weighted by Crippen LogP contribution is -2.58. The molecule has 0 heterocycles. The third-order valence-corrected chi connectivity index (χ3v) is 5.10. The normalized spacial score (nSPS) is 14.8. The number of hydrogen-bond donors (Lipinski definition) is 9. The zero-order valence-electron chi connectivity index (χ0n) is 20.1. The second-order valence-corrected chi connectivity index (χ2v) is 8.08. The van der Waals surface area contributed by atoms with E-state index < -0.39 is 78.6 Å². The fraction of sp³-hybridized carbons (Fsp3) is 0.650. The lowest BCUT2D eigenvalue weighted by atomic mass is 9.98. The van der Waals surface area contributed by atoms with Gasteiger partial charge < -0.3 is 48.5 Å². The van der Waals surface area contributed by atoms with Crippen molar-refractivity contribution >= 4 is 41.6 Å². The average molecular weight is 518 g/mol. The van der Waals surface area contributed by atoms with E-state index in [0.29, 0.717) is 12.8 Å². The van der Waals surface area contributed by atoms with E-state index in [-0.39, 0.29) is 18.9 Å². The number of nitrogens with one attached hydrogen (secondary N) is 3. The largest absolute Gasteiger partial charge is 0.481 e. The molecule has 0 aromatic heterocycles. The van der Waals surface area contributed by atoms with Crippen LogP contribution in [0.1, 0.15) is 46.0 Å². The first-order valence-electron chi connectivity index (χ1n) is 11.1. The van der Waals surface area contributed by atoms with Gasteiger partial charge in [0.2, 0.25) is 17.7 Å². The zero-order valence-corrected chi connectivity index (χ0v) is 20.1. The Labute approximate surface area is 207 Å². The van der Waals surface area contributed by atoms with Gasteiger partial charge >= 0.3 is 17.9 Å². The summed E-state index contributed by atoms with van der Waals surface area (Å²) in [6, 6.07) is -5.95. The van der Waals surface area contributed by atoms with Gasteiger partial charge in [-0.05, 0) is 18.8 Å². The molecule has 0 aliphatic heterocycles. The van der Waals surface area contributed by atoms with Crippen molar-refractivity contribution in [2.45, 2.75) is 70.1 Å².